The predicted octanol–water partition coefficient (Wildman–Crippen LogP) is 2.73. The van der Waals surface area contributed by atoms with Crippen LogP contribution in [0.1, 0.15) is 45.2 Å². The van der Waals surface area contributed by atoms with Crippen LogP contribution in [-0.2, 0) is 167 Å². The average Bonchev–Trinajstić information content (AvgIpc) is 2.87. The number of hydrogen-bond donors (Lipinski definition) is 0. The molecular formula is C29H24N8VWY4-10. The molecule has 0 aromatic carbocycles. The number of hydrogen-bond acceptors (Lipinski definition) is 0. The van der Waals surface area contributed by atoms with Gasteiger partial charge < -0.3 is 21.6 Å². The van der Waals surface area contributed by atoms with E-state index in [-0.39, 0.29) is 181 Å². The van der Waals surface area contributed by atoms with E-state index in [1.807, 2.05) is 6.92 Å². The van der Waals surface area contributed by atoms with Crippen molar-refractivity contribution in [2.45, 2.75) is 48.0 Å². The fraction of sp³-hybridized carbons (Fsp3) is 0.241. The van der Waals surface area contributed by atoms with Crippen LogP contribution in [0.2, 0.25) is 0 Å². The normalized spacial score (nSPS) is 11.1. The molecule has 0 heterocycles. The summed E-state index contributed by atoms with van der Waals surface area (Å²) in [7, 11) is 0. The quantitative estimate of drug-likeness (QED) is 0.244. The fourth-order valence-electron chi connectivity index (χ4n) is 3.15. The summed E-state index contributed by atoms with van der Waals surface area (Å²) in [5.41, 5.74) is 1.98. The van der Waals surface area contributed by atoms with Crippen LogP contribution in [-0.4, -0.2) is 31.0 Å². The molecule has 0 saturated heterocycles. The van der Waals surface area contributed by atoms with Crippen molar-refractivity contribution >= 4 is 31.0 Å². The number of aryl methyl sites for hydroxylation is 2. The van der Waals surface area contributed by atoms with Gasteiger partial charge in [-0.05, 0) is 24.3 Å². The van der Waals surface area contributed by atoms with Crippen molar-refractivity contribution in [2.24, 2.45) is 0 Å². The zero-order valence-corrected chi connectivity index (χ0v) is 40.4. The Morgan fingerprint density at radius 1 is 0.744 bits per heavy atom. The van der Waals surface area contributed by atoms with Gasteiger partial charge in [0.05, 0.1) is 0 Å². The Kier molecular flexibility index (Phi) is 28.0. The fourth-order valence-corrected chi connectivity index (χ4v) is 3.75. The molecule has 4 radical (unpaired) electrons. The van der Waals surface area contributed by atoms with E-state index in [0.717, 1.165) is 27.5 Å². The van der Waals surface area contributed by atoms with E-state index >= 15 is 0 Å². The van der Waals surface area contributed by atoms with E-state index in [0.29, 0.717) is 39.1 Å². The zero-order chi connectivity index (χ0) is 30.4. The maximum Gasteiger partial charge on any atom is 0 e. The molecular weight excluding hydrogens is 1050 g/mol. The van der Waals surface area contributed by atoms with Crippen molar-refractivity contribution in [1.29, 1.82) is 0 Å². The second kappa shape index (κ2) is 23.5. The van der Waals surface area contributed by atoms with Crippen LogP contribution in [0.5, 0.6) is 0 Å². The molecule has 0 saturated carbocycles. The Balaban J connectivity index is -0.000000260. The number of rotatable bonds is 5. The summed E-state index contributed by atoms with van der Waals surface area (Å²) >= 11 is 3.53. The Bertz CT molecular complexity index is 1710. The maximum atomic E-state index is 9.74. The third kappa shape index (κ3) is 14.9. The number of allylic oxidation sites excluding steroid dienone is 5. The van der Waals surface area contributed by atoms with Crippen LogP contribution in [0.4, 0.5) is 0 Å². The van der Waals surface area contributed by atoms with Gasteiger partial charge in [0.15, 0.2) is 0 Å². The maximum absolute atomic E-state index is 9.74. The Morgan fingerprint density at radius 3 is 1.44 bits per heavy atom. The van der Waals surface area contributed by atoms with Gasteiger partial charge in [-0.1, -0.05) is 23.3 Å². The minimum Gasteiger partial charge on any atom is 0 e. The predicted molar refractivity (Wildman–Crippen MR) is 153 cm³/mol. The van der Waals surface area contributed by atoms with Crippen LogP contribution in [0.15, 0.2) is 34.9 Å². The first-order valence-corrected chi connectivity index (χ1v) is 13.6. The molecule has 43 heavy (non-hydrogen) atoms. The van der Waals surface area contributed by atoms with Gasteiger partial charge in [-0.25, -0.2) is 0 Å². The van der Waals surface area contributed by atoms with Crippen LogP contribution < -0.4 is 21.4 Å². The summed E-state index contributed by atoms with van der Waals surface area (Å²) < 4.78 is 1.84. The smallest absolute Gasteiger partial charge is 0 e. The van der Waals surface area contributed by atoms with Gasteiger partial charge in [0.25, 0.3) is 0 Å². The molecule has 14 heteroatoms. The first kappa shape index (κ1) is 51.1. The third-order valence-corrected chi connectivity index (χ3v) is 6.37. The SMILES string of the molecule is C[C](=[V])CC1=[C-]C=C(C)C(=[N-])C1=[N-].Cc1cc2c(=[N-])c(=[N-])c(C)cc=2c(=[N-])c1=[N-].[CH-]=C(C)C(=[N-])C(=[N-])[C](C)=[W].[Y].[Y].[Y].[Y]. The number of nitrogens with zero attached hydrogens (tertiary/aromatic N) is 8. The molecule has 3 aliphatic carbocycles. The first-order valence-electron chi connectivity index (χ1n) is 11.4. The topological polar surface area (TPSA) is 178 Å². The molecule has 0 spiro atoms. The minimum absolute atomic E-state index is 0. The van der Waals surface area contributed by atoms with E-state index < -0.39 is 0 Å². The van der Waals surface area contributed by atoms with E-state index in [1.54, 1.807) is 33.8 Å². The summed E-state index contributed by atoms with van der Waals surface area (Å²) in [6.45, 7) is 15.4. The van der Waals surface area contributed by atoms with E-state index in [2.05, 4.69) is 23.1 Å². The van der Waals surface area contributed by atoms with Crippen LogP contribution in [0, 0.1) is 36.9 Å². The second-order valence-electron chi connectivity index (χ2n) is 8.87. The molecule has 0 bridgehead atoms. The Hall–Kier alpha value is 1.23. The zero-order valence-electron chi connectivity index (χ0n) is 24.8. The molecule has 3 aliphatic rings. The van der Waals surface area contributed by atoms with Crippen molar-refractivity contribution in [3.8, 4) is 0 Å². The molecule has 0 N–H and O–H groups in total. The van der Waals surface area contributed by atoms with E-state index in [9.17, 15) is 32.5 Å². The molecule has 0 atom stereocenters. The van der Waals surface area contributed by atoms with Crippen molar-refractivity contribution < 1.29 is 167 Å². The molecule has 0 aromatic heterocycles. The molecule has 0 amide bonds. The monoisotopic (exact) mass is 1070 g/mol. The molecule has 3 rings (SSSR count). The molecule has 0 fully saturated rings. The third-order valence-electron chi connectivity index (χ3n) is 5.43. The van der Waals surface area contributed by atoms with Crippen LogP contribution in [0.3, 0.4) is 0 Å². The molecule has 0 aromatic rings. The first-order chi connectivity index (χ1) is 17.9. The molecule has 0 unspecified atom stereocenters. The van der Waals surface area contributed by atoms with Gasteiger partial charge in [-0.2, -0.15) is 21.4 Å². The standard InChI is InChI=1S/C12H8N4.C10H9N2.C7H7N2.V.W.4Y/c1-5-3-7-8(11(15)9(5)13)4-6(2)10(14)12(7)16;1-3-4-8-6-5-7(2)9(11)10(8)12;1-4-6(8)7(9)5(2)3;;;;;;/h3-4H,1-2H3;5H,4H2,1-2H3;2H,1,3H3;;;;;;/q-4;2*-3;;;;;;. The van der Waals surface area contributed by atoms with Gasteiger partial charge in [0.2, 0.25) is 0 Å². The summed E-state index contributed by atoms with van der Waals surface area (Å²) in [6, 6.07) is 3.03. The van der Waals surface area contributed by atoms with Gasteiger partial charge in [0.1, 0.15) is 0 Å². The summed E-state index contributed by atoms with van der Waals surface area (Å²) in [6.07, 6.45) is 5.24. The molecule has 213 valence electrons. The van der Waals surface area contributed by atoms with Gasteiger partial charge in [-0.3, -0.25) is 0 Å². The summed E-state index contributed by atoms with van der Waals surface area (Å²) in [4.78, 5) is 0. The van der Waals surface area contributed by atoms with Crippen LogP contribution in [0.25, 0.3) is 43.3 Å². The summed E-state index contributed by atoms with van der Waals surface area (Å²) in [5.74, 6) is 0. The summed E-state index contributed by atoms with van der Waals surface area (Å²) in [5, 5.41) is 75.3. The molecule has 0 aliphatic heterocycles. The Labute approximate surface area is 373 Å². The van der Waals surface area contributed by atoms with Crippen molar-refractivity contribution in [3.05, 3.63) is 134 Å². The molecule has 8 nitrogen and oxygen atoms in total. The van der Waals surface area contributed by atoms with Gasteiger partial charge in [0, 0.05) is 131 Å². The van der Waals surface area contributed by atoms with Crippen molar-refractivity contribution in [3.63, 3.8) is 0 Å². The average molecular weight is 1070 g/mol. The second-order valence-corrected chi connectivity index (χ2v) is 12.3. The van der Waals surface area contributed by atoms with Crippen molar-refractivity contribution in [2.75, 3.05) is 0 Å². The minimum atomic E-state index is -0.284. The van der Waals surface area contributed by atoms with Crippen LogP contribution >= 0.6 is 0 Å². The van der Waals surface area contributed by atoms with Gasteiger partial charge in [-0.15, -0.1) is 0 Å². The van der Waals surface area contributed by atoms with E-state index in [1.165, 1.54) is 19.1 Å². The van der Waals surface area contributed by atoms with Crippen molar-refractivity contribution in [1.82, 2.24) is 0 Å². The van der Waals surface area contributed by atoms with E-state index in [4.69, 9.17) is 17.4 Å². The van der Waals surface area contributed by atoms with Gasteiger partial charge >= 0.3 is 159 Å². The Morgan fingerprint density at radius 2 is 1.14 bits per heavy atom. The largest absolute Gasteiger partial charge is 0 e.